The molecule has 1 aromatic heterocycles. The van der Waals surface area contributed by atoms with Crippen molar-refractivity contribution < 1.29 is 0 Å². The van der Waals surface area contributed by atoms with Gasteiger partial charge >= 0.3 is 0 Å². The first kappa shape index (κ1) is 4.53. The zero-order valence-electron chi connectivity index (χ0n) is 3.43. The number of rotatable bonds is 0. The molecule has 0 atom stereocenters. The molecule has 0 aliphatic heterocycles. The fourth-order valence-corrected chi connectivity index (χ4v) is 0.350. The molecule has 7 heavy (non-hydrogen) atoms. The first-order valence-electron chi connectivity index (χ1n) is 1.75. The predicted octanol–water partition coefficient (Wildman–Crippen LogP) is 0.930. The maximum absolute atomic E-state index is 5.35. The van der Waals surface area contributed by atoms with Crippen LogP contribution in [-0.4, -0.2) is 10.2 Å². The van der Waals surface area contributed by atoms with E-state index in [0.717, 1.165) is 0 Å². The smallest absolute Gasteiger partial charge is 0.147 e. The molecule has 0 unspecified atom stereocenters. The van der Waals surface area contributed by atoms with Crippen LogP contribution >= 0.6 is 11.6 Å². The quantitative estimate of drug-likeness (QED) is 0.500. The van der Waals surface area contributed by atoms with Crippen molar-refractivity contribution in [3.8, 4) is 0 Å². The monoisotopic (exact) mass is 113 g/mol. The summed E-state index contributed by atoms with van der Waals surface area (Å²) >= 11 is 5.35. The number of nitrogens with zero attached hydrogens (tertiary/aromatic N) is 2. The Labute approximate surface area is 46.1 Å². The molecule has 0 saturated heterocycles. The van der Waals surface area contributed by atoms with Crippen LogP contribution < -0.4 is 0 Å². The van der Waals surface area contributed by atoms with Crippen LogP contribution in [0.5, 0.6) is 0 Å². The zero-order chi connectivity index (χ0) is 5.11. The van der Waals surface area contributed by atoms with Crippen molar-refractivity contribution in [2.75, 3.05) is 0 Å². The van der Waals surface area contributed by atoms with Crippen LogP contribution in [0.15, 0.2) is 12.1 Å². The van der Waals surface area contributed by atoms with Crippen molar-refractivity contribution in [2.24, 2.45) is 0 Å². The highest BCUT2D eigenvalue weighted by molar-refractivity contribution is 6.29. The van der Waals surface area contributed by atoms with E-state index < -0.39 is 0 Å². The second-order valence-electron chi connectivity index (χ2n) is 0.985. The third kappa shape index (κ3) is 1.12. The molecule has 0 aliphatic rings. The maximum Gasteiger partial charge on any atom is 0.151 e. The molecule has 3 heteroatoms. The van der Waals surface area contributed by atoms with Crippen molar-refractivity contribution in [1.29, 1.82) is 0 Å². The Morgan fingerprint density at radius 2 is 2.57 bits per heavy atom. The lowest BCUT2D eigenvalue weighted by atomic mass is 10.6. The lowest BCUT2D eigenvalue weighted by molar-refractivity contribution is 1.02. The van der Waals surface area contributed by atoms with E-state index in [-0.39, 0.29) is 0 Å². The Bertz CT molecular complexity index is 140. The molecular weight excluding hydrogens is 112 g/mol. The minimum absolute atomic E-state index is 0.402. The summed E-state index contributed by atoms with van der Waals surface area (Å²) in [4.78, 5) is 0. The Morgan fingerprint density at radius 3 is 2.86 bits per heavy atom. The van der Waals surface area contributed by atoms with Crippen molar-refractivity contribution in [2.45, 2.75) is 0 Å². The highest BCUT2D eigenvalue weighted by atomic mass is 35.5. The van der Waals surface area contributed by atoms with E-state index in [2.05, 4.69) is 16.4 Å². The molecule has 1 radical (unpaired) electrons. The van der Waals surface area contributed by atoms with Crippen LogP contribution in [0, 0.1) is 6.20 Å². The average molecular weight is 114 g/mol. The van der Waals surface area contributed by atoms with E-state index in [4.69, 9.17) is 11.6 Å². The second-order valence-corrected chi connectivity index (χ2v) is 1.37. The summed E-state index contributed by atoms with van der Waals surface area (Å²) in [5.41, 5.74) is 0. The van der Waals surface area contributed by atoms with Gasteiger partial charge < -0.3 is 0 Å². The molecule has 1 rings (SSSR count). The number of hydrogen-bond donors (Lipinski definition) is 0. The van der Waals surface area contributed by atoms with Gasteiger partial charge in [0.2, 0.25) is 0 Å². The van der Waals surface area contributed by atoms with Gasteiger partial charge in [0.1, 0.15) is 6.20 Å². The fraction of sp³-hybridized carbons (Fsp3) is 0. The Balaban J connectivity index is 3.02. The Morgan fingerprint density at radius 1 is 1.71 bits per heavy atom. The summed E-state index contributed by atoms with van der Waals surface area (Å²) in [6.45, 7) is 0. The van der Waals surface area contributed by atoms with Crippen LogP contribution in [0.1, 0.15) is 0 Å². The van der Waals surface area contributed by atoms with Gasteiger partial charge in [0, 0.05) is 0 Å². The largest absolute Gasteiger partial charge is 0.151 e. The van der Waals surface area contributed by atoms with Crippen molar-refractivity contribution >= 4 is 11.6 Å². The Kier molecular flexibility index (Phi) is 1.22. The van der Waals surface area contributed by atoms with E-state index >= 15 is 0 Å². The van der Waals surface area contributed by atoms with Gasteiger partial charge in [0.15, 0.2) is 5.15 Å². The molecule has 0 aromatic carbocycles. The summed E-state index contributed by atoms with van der Waals surface area (Å²) in [6, 6.07) is 3.23. The second kappa shape index (κ2) is 1.89. The maximum atomic E-state index is 5.35. The Hall–Kier alpha value is -0.630. The molecule has 1 heterocycles. The summed E-state index contributed by atoms with van der Waals surface area (Å²) < 4.78 is 0. The van der Waals surface area contributed by atoms with Crippen LogP contribution in [0.25, 0.3) is 0 Å². The highest BCUT2D eigenvalue weighted by Gasteiger charge is 1.78. The van der Waals surface area contributed by atoms with E-state index in [9.17, 15) is 0 Å². The number of halogens is 1. The SMILES string of the molecule is Clc1cc[c]nn1. The van der Waals surface area contributed by atoms with Crippen LogP contribution in [-0.2, 0) is 0 Å². The zero-order valence-corrected chi connectivity index (χ0v) is 4.18. The van der Waals surface area contributed by atoms with Gasteiger partial charge in [-0.15, -0.1) is 10.2 Å². The van der Waals surface area contributed by atoms with E-state index in [0.29, 0.717) is 5.15 Å². The van der Waals surface area contributed by atoms with E-state index in [1.165, 1.54) is 0 Å². The third-order valence-corrected chi connectivity index (χ3v) is 0.700. The van der Waals surface area contributed by atoms with Gasteiger partial charge in [0.25, 0.3) is 0 Å². The summed E-state index contributed by atoms with van der Waals surface area (Å²) in [6.07, 6.45) is 2.49. The van der Waals surface area contributed by atoms with Crippen molar-refractivity contribution in [1.82, 2.24) is 10.2 Å². The molecule has 0 saturated carbocycles. The molecule has 0 fully saturated rings. The van der Waals surface area contributed by atoms with Gasteiger partial charge in [0.05, 0.1) is 0 Å². The molecule has 35 valence electrons. The first-order chi connectivity index (χ1) is 3.39. The normalized spacial score (nSPS) is 8.71. The topological polar surface area (TPSA) is 25.8 Å². The van der Waals surface area contributed by atoms with Gasteiger partial charge in [-0.05, 0) is 12.1 Å². The van der Waals surface area contributed by atoms with E-state index in [1.54, 1.807) is 12.1 Å². The predicted molar refractivity (Wildman–Crippen MR) is 25.9 cm³/mol. The van der Waals surface area contributed by atoms with Crippen LogP contribution in [0.4, 0.5) is 0 Å². The molecule has 0 N–H and O–H groups in total. The van der Waals surface area contributed by atoms with Crippen LogP contribution in [0.3, 0.4) is 0 Å². The van der Waals surface area contributed by atoms with Gasteiger partial charge in [-0.25, -0.2) is 0 Å². The minimum atomic E-state index is 0.402. The van der Waals surface area contributed by atoms with Crippen molar-refractivity contribution in [3.63, 3.8) is 0 Å². The minimum Gasteiger partial charge on any atom is -0.147 e. The molecule has 0 amide bonds. The molecule has 1 aromatic rings. The average Bonchev–Trinajstić information content (AvgIpc) is 1.69. The fourth-order valence-electron chi connectivity index (χ4n) is 0.249. The van der Waals surface area contributed by atoms with Gasteiger partial charge in [-0.2, -0.15) is 0 Å². The van der Waals surface area contributed by atoms with Crippen molar-refractivity contribution in [3.05, 3.63) is 23.5 Å². The van der Waals surface area contributed by atoms with Gasteiger partial charge in [-0.3, -0.25) is 0 Å². The van der Waals surface area contributed by atoms with E-state index in [1.807, 2.05) is 0 Å². The summed E-state index contributed by atoms with van der Waals surface area (Å²) in [5.74, 6) is 0. The molecule has 2 nitrogen and oxygen atoms in total. The number of hydrogen-bond acceptors (Lipinski definition) is 2. The molecule has 0 aliphatic carbocycles. The number of aromatic nitrogens is 2. The summed E-state index contributed by atoms with van der Waals surface area (Å²) in [7, 11) is 0. The molecule has 0 spiro atoms. The van der Waals surface area contributed by atoms with Gasteiger partial charge in [-0.1, -0.05) is 11.6 Å². The highest BCUT2D eigenvalue weighted by Crippen LogP contribution is 1.95. The lowest BCUT2D eigenvalue weighted by Gasteiger charge is -1.77. The summed E-state index contributed by atoms with van der Waals surface area (Å²) in [5, 5.41) is 7.22. The molecule has 0 bridgehead atoms. The first-order valence-corrected chi connectivity index (χ1v) is 2.12. The molecular formula is C4H2ClN2. The lowest BCUT2D eigenvalue weighted by Crippen LogP contribution is -1.75. The third-order valence-electron chi connectivity index (χ3n) is 0.499. The standard InChI is InChI=1S/C4H2ClN2/c5-4-2-1-3-6-7-4/h1-2H. The van der Waals surface area contributed by atoms with Crippen LogP contribution in [0.2, 0.25) is 5.15 Å².